The number of sulfonamides is 1. The summed E-state index contributed by atoms with van der Waals surface area (Å²) in [5, 5.41) is 0. The highest BCUT2D eigenvalue weighted by Gasteiger charge is 2.26. The van der Waals surface area contributed by atoms with Crippen LogP contribution in [0.2, 0.25) is 0 Å². The molecule has 4 rings (SSSR count). The Kier molecular flexibility index (Phi) is 7.78. The van der Waals surface area contributed by atoms with Gasteiger partial charge in [-0.05, 0) is 55.2 Å². The maximum Gasteiger partial charge on any atom is 0.264 e. The van der Waals surface area contributed by atoms with E-state index < -0.39 is 10.0 Å². The molecule has 1 amide bonds. The number of nitrogens with zero attached hydrogens (tertiary/aromatic N) is 3. The molecule has 0 atom stereocenters. The number of anilines is 1. The van der Waals surface area contributed by atoms with Crippen molar-refractivity contribution in [3.05, 3.63) is 54.1 Å². The van der Waals surface area contributed by atoms with Crippen molar-refractivity contribution in [2.45, 2.75) is 37.0 Å². The summed E-state index contributed by atoms with van der Waals surface area (Å²) in [6.07, 6.45) is 6.74. The number of rotatable bonds is 7. The van der Waals surface area contributed by atoms with E-state index in [1.807, 2.05) is 4.90 Å². The van der Waals surface area contributed by atoms with Gasteiger partial charge >= 0.3 is 0 Å². The monoisotopic (exact) mass is 485 g/mol. The van der Waals surface area contributed by atoms with Gasteiger partial charge in [-0.15, -0.1) is 0 Å². The molecule has 0 radical (unpaired) electrons. The number of hydrogen-bond acceptors (Lipinski definition) is 5. The summed E-state index contributed by atoms with van der Waals surface area (Å²) in [7, 11) is -0.783. The molecule has 0 bridgehead atoms. The minimum atomic E-state index is -3.79. The molecule has 1 aliphatic carbocycles. The fourth-order valence-electron chi connectivity index (χ4n) is 5.00. The lowest BCUT2D eigenvalue weighted by Gasteiger charge is -2.37. The van der Waals surface area contributed by atoms with Crippen LogP contribution >= 0.6 is 0 Å². The lowest BCUT2D eigenvalue weighted by Crippen LogP contribution is -2.49. The molecule has 0 spiro atoms. The first-order valence-electron chi connectivity index (χ1n) is 12.1. The van der Waals surface area contributed by atoms with Crippen molar-refractivity contribution >= 4 is 21.6 Å². The second-order valence-corrected chi connectivity index (χ2v) is 11.2. The van der Waals surface area contributed by atoms with Crippen molar-refractivity contribution in [1.29, 1.82) is 0 Å². The van der Waals surface area contributed by atoms with E-state index in [1.165, 1.54) is 62.7 Å². The SMILES string of the molecule is COc1ccccc1N(C)S(=O)(=O)c1ccc(C(=O)N2CCN(CC3CCCCC3)CC2)cc1. The molecule has 2 fully saturated rings. The fraction of sp³-hybridized carbons (Fsp3) is 0.500. The number of ether oxygens (including phenoxy) is 1. The molecule has 1 saturated carbocycles. The second-order valence-electron chi connectivity index (χ2n) is 9.27. The van der Waals surface area contributed by atoms with E-state index >= 15 is 0 Å². The molecule has 0 aromatic heterocycles. The average molecular weight is 486 g/mol. The quantitative estimate of drug-likeness (QED) is 0.596. The first-order chi connectivity index (χ1) is 16.4. The van der Waals surface area contributed by atoms with Crippen LogP contribution in [0.15, 0.2) is 53.4 Å². The number of benzene rings is 2. The van der Waals surface area contributed by atoms with Crippen molar-refractivity contribution in [3.8, 4) is 5.75 Å². The summed E-state index contributed by atoms with van der Waals surface area (Å²) < 4.78 is 32.8. The van der Waals surface area contributed by atoms with Gasteiger partial charge in [-0.2, -0.15) is 0 Å². The van der Waals surface area contributed by atoms with Gasteiger partial charge in [0, 0.05) is 45.3 Å². The third-order valence-electron chi connectivity index (χ3n) is 7.08. The van der Waals surface area contributed by atoms with E-state index in [9.17, 15) is 13.2 Å². The van der Waals surface area contributed by atoms with Gasteiger partial charge < -0.3 is 9.64 Å². The van der Waals surface area contributed by atoms with Gasteiger partial charge in [-0.3, -0.25) is 14.0 Å². The summed E-state index contributed by atoms with van der Waals surface area (Å²) in [5.74, 6) is 1.24. The molecule has 34 heavy (non-hydrogen) atoms. The Morgan fingerprint density at radius 1 is 0.971 bits per heavy atom. The normalized spacial score (nSPS) is 18.0. The molecule has 1 saturated heterocycles. The van der Waals surface area contributed by atoms with Crippen LogP contribution in [0.4, 0.5) is 5.69 Å². The minimum absolute atomic E-state index is 0.0423. The highest BCUT2D eigenvalue weighted by Crippen LogP contribution is 2.31. The zero-order valence-corrected chi connectivity index (χ0v) is 21.0. The largest absolute Gasteiger partial charge is 0.495 e. The van der Waals surface area contributed by atoms with Crippen molar-refractivity contribution in [2.24, 2.45) is 5.92 Å². The smallest absolute Gasteiger partial charge is 0.264 e. The molecule has 1 aliphatic heterocycles. The lowest BCUT2D eigenvalue weighted by atomic mass is 9.89. The highest BCUT2D eigenvalue weighted by molar-refractivity contribution is 7.92. The first kappa shape index (κ1) is 24.5. The summed E-state index contributed by atoms with van der Waals surface area (Å²) in [4.78, 5) is 17.5. The van der Waals surface area contributed by atoms with Crippen LogP contribution < -0.4 is 9.04 Å². The number of hydrogen-bond donors (Lipinski definition) is 0. The molecule has 7 nitrogen and oxygen atoms in total. The number of amides is 1. The summed E-state index contributed by atoms with van der Waals surface area (Å²) in [6, 6.07) is 13.2. The number of carbonyl (C=O) groups is 1. The lowest BCUT2D eigenvalue weighted by molar-refractivity contribution is 0.0606. The Labute approximate surface area is 203 Å². The van der Waals surface area contributed by atoms with Crippen LogP contribution in [0.25, 0.3) is 0 Å². The molecule has 184 valence electrons. The summed E-state index contributed by atoms with van der Waals surface area (Å²) >= 11 is 0. The molecular formula is C26H35N3O4S. The summed E-state index contributed by atoms with van der Waals surface area (Å²) in [5.41, 5.74) is 0.968. The average Bonchev–Trinajstić information content (AvgIpc) is 2.89. The van der Waals surface area contributed by atoms with Crippen molar-refractivity contribution in [2.75, 3.05) is 51.2 Å². The van der Waals surface area contributed by atoms with Gasteiger partial charge in [0.2, 0.25) is 0 Å². The Morgan fingerprint density at radius 3 is 2.26 bits per heavy atom. The van der Waals surface area contributed by atoms with E-state index in [4.69, 9.17) is 4.74 Å². The van der Waals surface area contributed by atoms with Crippen LogP contribution in [0, 0.1) is 5.92 Å². The number of para-hydroxylation sites is 2. The third kappa shape index (κ3) is 5.39. The van der Waals surface area contributed by atoms with E-state index in [0.717, 1.165) is 25.6 Å². The van der Waals surface area contributed by atoms with E-state index in [1.54, 1.807) is 36.4 Å². The number of methoxy groups -OCH3 is 1. The van der Waals surface area contributed by atoms with Gasteiger partial charge in [-0.25, -0.2) is 8.42 Å². The molecule has 2 aromatic carbocycles. The fourth-order valence-corrected chi connectivity index (χ4v) is 6.20. The minimum Gasteiger partial charge on any atom is -0.495 e. The molecule has 8 heteroatoms. The van der Waals surface area contributed by atoms with Crippen LogP contribution in [0.3, 0.4) is 0 Å². The Morgan fingerprint density at radius 2 is 1.62 bits per heavy atom. The predicted molar refractivity (Wildman–Crippen MR) is 134 cm³/mol. The Hall–Kier alpha value is -2.58. The number of piperazine rings is 1. The molecule has 1 heterocycles. The molecule has 0 unspecified atom stereocenters. The third-order valence-corrected chi connectivity index (χ3v) is 8.87. The van der Waals surface area contributed by atoms with E-state index in [-0.39, 0.29) is 10.8 Å². The van der Waals surface area contributed by atoms with E-state index in [0.29, 0.717) is 30.1 Å². The van der Waals surface area contributed by atoms with Gasteiger partial charge in [-0.1, -0.05) is 31.4 Å². The predicted octanol–water partition coefficient (Wildman–Crippen LogP) is 3.86. The molecule has 2 aliphatic rings. The highest BCUT2D eigenvalue weighted by atomic mass is 32.2. The topological polar surface area (TPSA) is 70.2 Å². The van der Waals surface area contributed by atoms with Crippen molar-refractivity contribution < 1.29 is 17.9 Å². The van der Waals surface area contributed by atoms with Crippen LogP contribution in [-0.2, 0) is 10.0 Å². The van der Waals surface area contributed by atoms with Crippen LogP contribution in [-0.4, -0.2) is 71.0 Å². The first-order valence-corrected chi connectivity index (χ1v) is 13.6. The molecule has 0 N–H and O–H groups in total. The zero-order valence-electron chi connectivity index (χ0n) is 20.2. The van der Waals surface area contributed by atoms with Crippen LogP contribution in [0.5, 0.6) is 5.75 Å². The van der Waals surface area contributed by atoms with Gasteiger partial charge in [0.05, 0.1) is 17.7 Å². The number of carbonyl (C=O) groups excluding carboxylic acids is 1. The van der Waals surface area contributed by atoms with Gasteiger partial charge in [0.25, 0.3) is 15.9 Å². The maximum atomic E-state index is 13.2. The van der Waals surface area contributed by atoms with Crippen LogP contribution in [0.1, 0.15) is 42.5 Å². The van der Waals surface area contributed by atoms with Crippen molar-refractivity contribution in [1.82, 2.24) is 9.80 Å². The van der Waals surface area contributed by atoms with E-state index in [2.05, 4.69) is 4.90 Å². The molecule has 2 aromatic rings. The molecular weight excluding hydrogens is 450 g/mol. The summed E-state index contributed by atoms with van der Waals surface area (Å²) in [6.45, 7) is 4.37. The standard InChI is InChI=1S/C26H35N3O4S/c1-27(24-10-6-7-11-25(24)33-2)34(31,32)23-14-12-22(13-15-23)26(30)29-18-16-28(17-19-29)20-21-8-4-3-5-9-21/h6-7,10-15,21H,3-5,8-9,16-20H2,1-2H3. The van der Waals surface area contributed by atoms with Gasteiger partial charge in [0.1, 0.15) is 5.75 Å². The second kappa shape index (κ2) is 10.8. The maximum absolute atomic E-state index is 13.2. The Balaban J connectivity index is 1.38. The Bertz CT molecular complexity index is 1070. The van der Waals surface area contributed by atoms with Crippen molar-refractivity contribution in [3.63, 3.8) is 0 Å². The van der Waals surface area contributed by atoms with Gasteiger partial charge in [0.15, 0.2) is 0 Å². The zero-order chi connectivity index (χ0) is 24.1.